The normalized spacial score (nSPS) is 24.8. The molecule has 2 N–H and O–H groups in total. The molecule has 0 bridgehead atoms. The summed E-state index contributed by atoms with van der Waals surface area (Å²) < 4.78 is 0. The lowest BCUT2D eigenvalue weighted by Gasteiger charge is -2.46. The van der Waals surface area contributed by atoms with Gasteiger partial charge in [-0.1, -0.05) is 0 Å². The predicted molar refractivity (Wildman–Crippen MR) is 88.1 cm³/mol. The fourth-order valence-corrected chi connectivity index (χ4v) is 4.78. The van der Waals surface area contributed by atoms with Gasteiger partial charge in [0, 0.05) is 17.1 Å². The molecule has 4 heteroatoms. The van der Waals surface area contributed by atoms with Crippen LogP contribution in [0.15, 0.2) is 11.4 Å². The summed E-state index contributed by atoms with van der Waals surface area (Å²) in [5.41, 5.74) is 1.40. The first-order valence-electron chi connectivity index (χ1n) is 7.93. The van der Waals surface area contributed by atoms with E-state index in [9.17, 15) is 4.79 Å². The summed E-state index contributed by atoms with van der Waals surface area (Å²) in [4.78, 5) is 13.6. The molecule has 1 aliphatic carbocycles. The molecule has 116 valence electrons. The number of rotatable bonds is 3. The lowest BCUT2D eigenvalue weighted by Crippen LogP contribution is -2.62. The molecule has 1 aromatic heterocycles. The van der Waals surface area contributed by atoms with E-state index in [1.165, 1.54) is 18.4 Å². The number of carbonyl (C=O) groups excluding carboxylic acids is 1. The summed E-state index contributed by atoms with van der Waals surface area (Å²) in [6.07, 6.45) is 4.44. The highest BCUT2D eigenvalue weighted by molar-refractivity contribution is 7.12. The summed E-state index contributed by atoms with van der Waals surface area (Å²) in [6.45, 7) is 8.86. The minimum Gasteiger partial charge on any atom is -0.348 e. The Morgan fingerprint density at radius 3 is 2.43 bits per heavy atom. The first-order chi connectivity index (χ1) is 9.76. The molecule has 0 unspecified atom stereocenters. The van der Waals surface area contributed by atoms with E-state index in [0.717, 1.165) is 17.7 Å². The Bertz CT molecular complexity index is 527. The van der Waals surface area contributed by atoms with E-state index < -0.39 is 0 Å². The van der Waals surface area contributed by atoms with Crippen LogP contribution in [0.1, 0.15) is 74.5 Å². The van der Waals surface area contributed by atoms with Gasteiger partial charge < -0.3 is 10.6 Å². The molecule has 0 radical (unpaired) electrons. The zero-order valence-electron chi connectivity index (χ0n) is 13.5. The molecular weight excluding hydrogens is 280 g/mol. The van der Waals surface area contributed by atoms with Crippen LogP contribution < -0.4 is 10.6 Å². The van der Waals surface area contributed by atoms with Crippen molar-refractivity contribution in [2.24, 2.45) is 0 Å². The molecular formula is C17H26N2OS. The molecule has 3 rings (SSSR count). The smallest absolute Gasteiger partial charge is 0.261 e. The average molecular weight is 306 g/mol. The topological polar surface area (TPSA) is 41.1 Å². The lowest BCUT2D eigenvalue weighted by atomic mass is 9.79. The third kappa shape index (κ3) is 3.49. The first-order valence-corrected chi connectivity index (χ1v) is 8.81. The highest BCUT2D eigenvalue weighted by Gasteiger charge is 2.38. The third-order valence-electron chi connectivity index (χ3n) is 4.44. The van der Waals surface area contributed by atoms with Crippen LogP contribution in [0.2, 0.25) is 0 Å². The monoisotopic (exact) mass is 306 g/mol. The molecule has 1 amide bonds. The number of amides is 1. The van der Waals surface area contributed by atoms with Crippen molar-refractivity contribution >= 4 is 17.2 Å². The molecule has 2 aliphatic rings. The standard InChI is InChI=1S/C17H26N2OS/c1-16(2)9-12(10-17(3,4)19-16)18-15(20)14-13(7-8-21-14)11-5-6-11/h7-8,11-12,19H,5-6,9-10H2,1-4H3,(H,18,20). The van der Waals surface area contributed by atoms with Gasteiger partial charge in [0.15, 0.2) is 0 Å². The first kappa shape index (κ1) is 15.0. The Labute approximate surface area is 131 Å². The molecule has 0 atom stereocenters. The van der Waals surface area contributed by atoms with Crippen molar-refractivity contribution in [3.63, 3.8) is 0 Å². The third-order valence-corrected chi connectivity index (χ3v) is 5.37. The molecule has 3 nitrogen and oxygen atoms in total. The molecule has 0 aromatic carbocycles. The van der Waals surface area contributed by atoms with E-state index >= 15 is 0 Å². The van der Waals surface area contributed by atoms with Crippen LogP contribution in [0.5, 0.6) is 0 Å². The van der Waals surface area contributed by atoms with E-state index in [1.807, 2.05) is 0 Å². The highest BCUT2D eigenvalue weighted by Crippen LogP contribution is 2.43. The minimum absolute atomic E-state index is 0.0640. The van der Waals surface area contributed by atoms with Crippen LogP contribution in [-0.2, 0) is 0 Å². The van der Waals surface area contributed by atoms with E-state index in [-0.39, 0.29) is 23.0 Å². The highest BCUT2D eigenvalue weighted by atomic mass is 32.1. The van der Waals surface area contributed by atoms with E-state index in [0.29, 0.717) is 5.92 Å². The SMILES string of the molecule is CC1(C)CC(NC(=O)c2sccc2C2CC2)CC(C)(C)N1. The molecule has 1 saturated carbocycles. The number of nitrogens with one attached hydrogen (secondary N) is 2. The van der Waals surface area contributed by atoms with Crippen molar-refractivity contribution in [1.29, 1.82) is 0 Å². The van der Waals surface area contributed by atoms with Gasteiger partial charge in [-0.2, -0.15) is 0 Å². The lowest BCUT2D eigenvalue weighted by molar-refractivity contribution is 0.0876. The maximum Gasteiger partial charge on any atom is 0.261 e. The molecule has 2 heterocycles. The van der Waals surface area contributed by atoms with Crippen molar-refractivity contribution in [3.8, 4) is 0 Å². The second-order valence-electron chi connectivity index (χ2n) is 7.95. The second-order valence-corrected chi connectivity index (χ2v) is 8.87. The molecule has 1 aromatic rings. The van der Waals surface area contributed by atoms with Crippen LogP contribution in [-0.4, -0.2) is 23.0 Å². The maximum atomic E-state index is 12.6. The minimum atomic E-state index is 0.0640. The Morgan fingerprint density at radius 1 is 1.24 bits per heavy atom. The van der Waals surface area contributed by atoms with Crippen molar-refractivity contribution in [3.05, 3.63) is 21.9 Å². The predicted octanol–water partition coefficient (Wildman–Crippen LogP) is 3.66. The van der Waals surface area contributed by atoms with Gasteiger partial charge in [0.2, 0.25) is 0 Å². The van der Waals surface area contributed by atoms with Crippen LogP contribution in [0.25, 0.3) is 0 Å². The van der Waals surface area contributed by atoms with Gasteiger partial charge >= 0.3 is 0 Å². The number of thiophene rings is 1. The van der Waals surface area contributed by atoms with Crippen LogP contribution in [0, 0.1) is 0 Å². The number of carbonyl (C=O) groups is 1. The van der Waals surface area contributed by atoms with Gasteiger partial charge in [-0.25, -0.2) is 0 Å². The van der Waals surface area contributed by atoms with Crippen molar-refractivity contribution in [2.45, 2.75) is 76.4 Å². The quantitative estimate of drug-likeness (QED) is 0.894. The molecule has 1 saturated heterocycles. The van der Waals surface area contributed by atoms with Gasteiger partial charge in [0.05, 0.1) is 4.88 Å². The fraction of sp³-hybridized carbons (Fsp3) is 0.706. The number of hydrogen-bond donors (Lipinski definition) is 2. The molecule has 2 fully saturated rings. The Hall–Kier alpha value is -0.870. The Morgan fingerprint density at radius 2 is 1.86 bits per heavy atom. The maximum absolute atomic E-state index is 12.6. The van der Waals surface area contributed by atoms with E-state index in [2.05, 4.69) is 49.8 Å². The molecule has 0 spiro atoms. The number of piperidine rings is 1. The Kier molecular flexibility index (Phi) is 3.65. The largest absolute Gasteiger partial charge is 0.348 e. The van der Waals surface area contributed by atoms with Crippen LogP contribution >= 0.6 is 11.3 Å². The van der Waals surface area contributed by atoms with Crippen LogP contribution in [0.4, 0.5) is 0 Å². The van der Waals surface area contributed by atoms with Gasteiger partial charge in [0.1, 0.15) is 0 Å². The Balaban J connectivity index is 1.70. The summed E-state index contributed by atoms with van der Waals surface area (Å²) >= 11 is 1.59. The summed E-state index contributed by atoms with van der Waals surface area (Å²) in [5.74, 6) is 0.767. The fourth-order valence-electron chi connectivity index (χ4n) is 3.89. The van der Waals surface area contributed by atoms with Crippen molar-refractivity contribution < 1.29 is 4.79 Å². The van der Waals surface area contributed by atoms with Gasteiger partial charge in [-0.15, -0.1) is 11.3 Å². The van der Waals surface area contributed by atoms with E-state index in [4.69, 9.17) is 0 Å². The molecule has 1 aliphatic heterocycles. The average Bonchev–Trinajstić information content (AvgIpc) is 3.02. The zero-order valence-corrected chi connectivity index (χ0v) is 14.3. The van der Waals surface area contributed by atoms with Crippen molar-refractivity contribution in [2.75, 3.05) is 0 Å². The summed E-state index contributed by atoms with van der Waals surface area (Å²) in [7, 11) is 0. The van der Waals surface area contributed by atoms with Gasteiger partial charge in [0.25, 0.3) is 5.91 Å². The van der Waals surface area contributed by atoms with Crippen molar-refractivity contribution in [1.82, 2.24) is 10.6 Å². The second kappa shape index (κ2) is 5.10. The van der Waals surface area contributed by atoms with Gasteiger partial charge in [-0.05, 0) is 76.3 Å². The molecule has 21 heavy (non-hydrogen) atoms. The number of hydrogen-bond acceptors (Lipinski definition) is 3. The summed E-state index contributed by atoms with van der Waals surface area (Å²) in [6, 6.07) is 2.38. The zero-order chi connectivity index (χ0) is 15.3. The van der Waals surface area contributed by atoms with Gasteiger partial charge in [-0.3, -0.25) is 4.79 Å². The van der Waals surface area contributed by atoms with Crippen LogP contribution in [0.3, 0.4) is 0 Å². The van der Waals surface area contributed by atoms with E-state index in [1.54, 1.807) is 11.3 Å². The summed E-state index contributed by atoms with van der Waals surface area (Å²) in [5, 5.41) is 9.00.